The van der Waals surface area contributed by atoms with Crippen LogP contribution in [0.25, 0.3) is 21.8 Å². The third-order valence-corrected chi connectivity index (χ3v) is 4.22. The molecule has 1 aromatic heterocycles. The molecule has 4 rings (SSSR count). The fourth-order valence-electron chi connectivity index (χ4n) is 3.36. The summed E-state index contributed by atoms with van der Waals surface area (Å²) in [5.74, 6) is 0. The van der Waals surface area contributed by atoms with E-state index in [1.54, 1.807) is 0 Å². The standard InChI is InChI=1S/C18H18N2/c1-3-9-20-11-14-13-10-12(2)7-8-15(13)19-16-5-4-6-17(20)18(14)16/h4-8,10H,3,9,11H2,1-2H3. The van der Waals surface area contributed by atoms with Crippen molar-refractivity contribution in [3.05, 3.63) is 47.5 Å². The van der Waals surface area contributed by atoms with E-state index in [-0.39, 0.29) is 0 Å². The van der Waals surface area contributed by atoms with Gasteiger partial charge < -0.3 is 4.90 Å². The number of nitrogens with zero attached hydrogens (tertiary/aromatic N) is 2. The van der Waals surface area contributed by atoms with Gasteiger partial charge in [0.1, 0.15) is 0 Å². The van der Waals surface area contributed by atoms with Crippen LogP contribution in [0, 0.1) is 6.92 Å². The molecule has 0 spiro atoms. The molecule has 0 saturated heterocycles. The molecule has 0 amide bonds. The molecule has 0 aliphatic carbocycles. The molecule has 0 saturated carbocycles. The topological polar surface area (TPSA) is 16.1 Å². The minimum absolute atomic E-state index is 1.02. The largest absolute Gasteiger partial charge is 0.367 e. The highest BCUT2D eigenvalue weighted by molar-refractivity contribution is 6.06. The Morgan fingerprint density at radius 2 is 2.05 bits per heavy atom. The molecule has 0 N–H and O–H groups in total. The first kappa shape index (κ1) is 11.7. The van der Waals surface area contributed by atoms with E-state index in [4.69, 9.17) is 4.98 Å². The van der Waals surface area contributed by atoms with Crippen LogP contribution in [0.1, 0.15) is 24.5 Å². The number of hydrogen-bond donors (Lipinski definition) is 0. The van der Waals surface area contributed by atoms with Gasteiger partial charge in [0.05, 0.1) is 11.0 Å². The fourth-order valence-corrected chi connectivity index (χ4v) is 3.36. The summed E-state index contributed by atoms with van der Waals surface area (Å²) < 4.78 is 0. The van der Waals surface area contributed by atoms with Gasteiger partial charge in [-0.3, -0.25) is 0 Å². The van der Waals surface area contributed by atoms with Crippen LogP contribution in [0.5, 0.6) is 0 Å². The molecule has 0 bridgehead atoms. The summed E-state index contributed by atoms with van der Waals surface area (Å²) in [5, 5.41) is 2.68. The predicted octanol–water partition coefficient (Wildman–Crippen LogP) is 4.43. The van der Waals surface area contributed by atoms with Crippen molar-refractivity contribution >= 4 is 27.5 Å². The maximum Gasteiger partial charge on any atom is 0.0734 e. The molecule has 2 heteroatoms. The van der Waals surface area contributed by atoms with Crippen LogP contribution < -0.4 is 4.90 Å². The monoisotopic (exact) mass is 262 g/mol. The molecule has 3 aromatic rings. The van der Waals surface area contributed by atoms with Gasteiger partial charge in [0.2, 0.25) is 0 Å². The van der Waals surface area contributed by atoms with E-state index < -0.39 is 0 Å². The molecule has 2 nitrogen and oxygen atoms in total. The molecule has 0 unspecified atom stereocenters. The van der Waals surface area contributed by atoms with E-state index in [2.05, 4.69) is 55.1 Å². The second-order valence-corrected chi connectivity index (χ2v) is 5.70. The molecule has 2 heterocycles. The third-order valence-electron chi connectivity index (χ3n) is 4.22. The number of aryl methyl sites for hydroxylation is 1. The maximum atomic E-state index is 4.85. The van der Waals surface area contributed by atoms with Crippen molar-refractivity contribution in [1.29, 1.82) is 0 Å². The summed E-state index contributed by atoms with van der Waals surface area (Å²) in [7, 11) is 0. The van der Waals surface area contributed by atoms with E-state index in [0.29, 0.717) is 0 Å². The van der Waals surface area contributed by atoms with Crippen LogP contribution in [0.15, 0.2) is 36.4 Å². The zero-order valence-electron chi connectivity index (χ0n) is 12.0. The number of fused-ring (bicyclic) bond motifs is 2. The third kappa shape index (κ3) is 1.54. The van der Waals surface area contributed by atoms with Gasteiger partial charge in [-0.15, -0.1) is 0 Å². The summed E-state index contributed by atoms with van der Waals surface area (Å²) in [5.41, 5.74) is 6.37. The number of hydrogen-bond acceptors (Lipinski definition) is 2. The van der Waals surface area contributed by atoms with E-state index in [1.165, 1.54) is 34.0 Å². The number of rotatable bonds is 2. The van der Waals surface area contributed by atoms with Crippen LogP contribution in [-0.2, 0) is 6.54 Å². The maximum absolute atomic E-state index is 4.85. The Balaban J connectivity index is 2.09. The van der Waals surface area contributed by atoms with E-state index in [1.807, 2.05) is 0 Å². The van der Waals surface area contributed by atoms with E-state index >= 15 is 0 Å². The highest BCUT2D eigenvalue weighted by atomic mass is 15.1. The molecule has 1 aliphatic heterocycles. The first-order chi connectivity index (χ1) is 9.78. The van der Waals surface area contributed by atoms with Crippen LogP contribution in [0.2, 0.25) is 0 Å². The molecule has 0 atom stereocenters. The van der Waals surface area contributed by atoms with Gasteiger partial charge in [-0.05, 0) is 43.2 Å². The fraction of sp³-hybridized carbons (Fsp3) is 0.278. The van der Waals surface area contributed by atoms with Crippen molar-refractivity contribution in [2.24, 2.45) is 0 Å². The lowest BCUT2D eigenvalue weighted by molar-refractivity contribution is 0.790. The molecule has 0 radical (unpaired) electrons. The lowest BCUT2D eigenvalue weighted by atomic mass is 10.0. The first-order valence-corrected chi connectivity index (χ1v) is 7.35. The second-order valence-electron chi connectivity index (χ2n) is 5.70. The first-order valence-electron chi connectivity index (χ1n) is 7.35. The van der Waals surface area contributed by atoms with Crippen LogP contribution >= 0.6 is 0 Å². The molecule has 0 fully saturated rings. The summed E-state index contributed by atoms with van der Waals surface area (Å²) in [6, 6.07) is 13.1. The van der Waals surface area contributed by atoms with Gasteiger partial charge in [0, 0.05) is 29.5 Å². The normalized spacial score (nSPS) is 13.6. The summed E-state index contributed by atoms with van der Waals surface area (Å²) in [6.07, 6.45) is 1.18. The molecule has 20 heavy (non-hydrogen) atoms. The van der Waals surface area contributed by atoms with Crippen molar-refractivity contribution in [2.75, 3.05) is 11.4 Å². The van der Waals surface area contributed by atoms with Crippen molar-refractivity contribution in [1.82, 2.24) is 4.98 Å². The summed E-state index contributed by atoms with van der Waals surface area (Å²) in [4.78, 5) is 7.34. The number of pyridine rings is 1. The van der Waals surface area contributed by atoms with Gasteiger partial charge in [-0.1, -0.05) is 24.6 Å². The summed E-state index contributed by atoms with van der Waals surface area (Å²) >= 11 is 0. The number of aromatic nitrogens is 1. The number of benzene rings is 2. The van der Waals surface area contributed by atoms with Crippen LogP contribution in [-0.4, -0.2) is 11.5 Å². The summed E-state index contributed by atoms with van der Waals surface area (Å²) in [6.45, 7) is 6.53. The average molecular weight is 262 g/mol. The predicted molar refractivity (Wildman–Crippen MR) is 85.3 cm³/mol. The van der Waals surface area contributed by atoms with Crippen molar-refractivity contribution in [3.8, 4) is 0 Å². The smallest absolute Gasteiger partial charge is 0.0734 e. The van der Waals surface area contributed by atoms with Gasteiger partial charge in [-0.2, -0.15) is 0 Å². The zero-order chi connectivity index (χ0) is 13.7. The van der Waals surface area contributed by atoms with Gasteiger partial charge >= 0.3 is 0 Å². The molecular formula is C18H18N2. The number of anilines is 1. The van der Waals surface area contributed by atoms with E-state index in [0.717, 1.165) is 24.1 Å². The van der Waals surface area contributed by atoms with Crippen molar-refractivity contribution < 1.29 is 0 Å². The van der Waals surface area contributed by atoms with Gasteiger partial charge in [-0.25, -0.2) is 4.98 Å². The molecular weight excluding hydrogens is 244 g/mol. The van der Waals surface area contributed by atoms with Crippen LogP contribution in [0.3, 0.4) is 0 Å². The minimum atomic E-state index is 1.02. The average Bonchev–Trinajstić information content (AvgIpc) is 2.82. The highest BCUT2D eigenvalue weighted by Crippen LogP contribution is 2.40. The lowest BCUT2D eigenvalue weighted by Crippen LogP contribution is -2.19. The Kier molecular flexibility index (Phi) is 2.46. The Morgan fingerprint density at radius 3 is 2.90 bits per heavy atom. The quantitative estimate of drug-likeness (QED) is 0.635. The van der Waals surface area contributed by atoms with E-state index in [9.17, 15) is 0 Å². The van der Waals surface area contributed by atoms with Gasteiger partial charge in [0.15, 0.2) is 0 Å². The molecule has 100 valence electrons. The second kappa shape index (κ2) is 4.20. The minimum Gasteiger partial charge on any atom is -0.367 e. The highest BCUT2D eigenvalue weighted by Gasteiger charge is 2.23. The molecule has 1 aliphatic rings. The molecule has 2 aromatic carbocycles. The van der Waals surface area contributed by atoms with Gasteiger partial charge in [0.25, 0.3) is 0 Å². The zero-order valence-corrected chi connectivity index (χ0v) is 12.0. The van der Waals surface area contributed by atoms with Crippen molar-refractivity contribution in [2.45, 2.75) is 26.8 Å². The Hall–Kier alpha value is -2.09. The Morgan fingerprint density at radius 1 is 1.15 bits per heavy atom. The van der Waals surface area contributed by atoms with Crippen molar-refractivity contribution in [3.63, 3.8) is 0 Å². The Bertz CT molecular complexity index is 820. The lowest BCUT2D eigenvalue weighted by Gasteiger charge is -2.18. The van der Waals surface area contributed by atoms with Crippen LogP contribution in [0.4, 0.5) is 5.69 Å². The Labute approximate surface area is 119 Å². The SMILES string of the molecule is CCCN1Cc2c3cc(C)ccc3nc3cccc1c23.